The fourth-order valence-corrected chi connectivity index (χ4v) is 1.90. The minimum Gasteiger partial charge on any atom is -0.465 e. The molecule has 0 aliphatic carbocycles. The van der Waals surface area contributed by atoms with Crippen LogP contribution in [0.5, 0.6) is 0 Å². The molecule has 23 heavy (non-hydrogen) atoms. The van der Waals surface area contributed by atoms with Crippen molar-refractivity contribution in [2.75, 3.05) is 11.9 Å². The van der Waals surface area contributed by atoms with Gasteiger partial charge in [-0.2, -0.15) is 0 Å². The van der Waals surface area contributed by atoms with E-state index < -0.39 is 6.09 Å². The predicted molar refractivity (Wildman–Crippen MR) is 80.7 cm³/mol. The molecule has 122 valence electrons. The number of hydrogen-bond acceptors (Lipinski definition) is 5. The first-order valence-corrected chi connectivity index (χ1v) is 6.92. The highest BCUT2D eigenvalue weighted by Crippen LogP contribution is 2.10. The van der Waals surface area contributed by atoms with Crippen molar-refractivity contribution < 1.29 is 19.8 Å². The molecule has 2 aromatic rings. The van der Waals surface area contributed by atoms with Crippen molar-refractivity contribution >= 4 is 17.7 Å². The van der Waals surface area contributed by atoms with Crippen LogP contribution in [0.1, 0.15) is 11.3 Å². The fourth-order valence-electron chi connectivity index (χ4n) is 1.90. The maximum absolute atomic E-state index is 11.9. The summed E-state index contributed by atoms with van der Waals surface area (Å²) in [5, 5.41) is 29.8. The van der Waals surface area contributed by atoms with Crippen LogP contribution in [0.2, 0.25) is 0 Å². The molecule has 2 rings (SSSR count). The molecule has 0 atom stereocenters. The SMILES string of the molecule is O=C(O)NCCc1ccc(NC(=O)Cn2cc(CO)nn2)cc1. The third-order valence-electron chi connectivity index (χ3n) is 2.98. The van der Waals surface area contributed by atoms with Crippen molar-refractivity contribution in [2.24, 2.45) is 0 Å². The molecule has 0 unspecified atom stereocenters. The van der Waals surface area contributed by atoms with Crippen molar-refractivity contribution in [3.05, 3.63) is 41.7 Å². The summed E-state index contributed by atoms with van der Waals surface area (Å²) in [5.74, 6) is -0.264. The Morgan fingerprint density at radius 3 is 2.57 bits per heavy atom. The average molecular weight is 319 g/mol. The van der Waals surface area contributed by atoms with Gasteiger partial charge in [0.25, 0.3) is 0 Å². The van der Waals surface area contributed by atoms with E-state index >= 15 is 0 Å². The Kier molecular flexibility index (Phi) is 5.64. The second-order valence-corrected chi connectivity index (χ2v) is 4.79. The summed E-state index contributed by atoms with van der Waals surface area (Å²) in [6.07, 6.45) is 1.02. The van der Waals surface area contributed by atoms with Gasteiger partial charge in [-0.05, 0) is 24.1 Å². The van der Waals surface area contributed by atoms with Gasteiger partial charge in [0.2, 0.25) is 5.91 Å². The van der Waals surface area contributed by atoms with E-state index in [0.717, 1.165) is 5.56 Å². The zero-order chi connectivity index (χ0) is 16.7. The molecular formula is C14H17N5O4. The number of nitrogens with zero attached hydrogens (tertiary/aromatic N) is 3. The average Bonchev–Trinajstić information content (AvgIpc) is 2.96. The summed E-state index contributed by atoms with van der Waals surface area (Å²) in [5.41, 5.74) is 1.99. The Balaban J connectivity index is 1.82. The number of benzene rings is 1. The zero-order valence-corrected chi connectivity index (χ0v) is 12.3. The summed E-state index contributed by atoms with van der Waals surface area (Å²) in [6.45, 7) is 0.109. The van der Waals surface area contributed by atoms with E-state index in [1.165, 1.54) is 10.9 Å². The highest BCUT2D eigenvalue weighted by atomic mass is 16.4. The monoisotopic (exact) mass is 319 g/mol. The number of aliphatic hydroxyl groups is 1. The lowest BCUT2D eigenvalue weighted by atomic mass is 10.1. The standard InChI is InChI=1S/C14H17N5O4/c20-9-12-7-19(18-17-12)8-13(21)16-11-3-1-10(2-4-11)5-6-15-14(22)23/h1-4,7,15,20H,5-6,8-9H2,(H,16,21)(H,22,23). The first-order chi connectivity index (χ1) is 11.1. The van der Waals surface area contributed by atoms with E-state index in [1.807, 2.05) is 12.1 Å². The lowest BCUT2D eigenvalue weighted by Crippen LogP contribution is -2.23. The third-order valence-corrected chi connectivity index (χ3v) is 2.98. The Hall–Kier alpha value is -2.94. The highest BCUT2D eigenvalue weighted by molar-refractivity contribution is 5.90. The van der Waals surface area contributed by atoms with E-state index in [1.54, 1.807) is 12.1 Å². The molecule has 0 aliphatic rings. The lowest BCUT2D eigenvalue weighted by Gasteiger charge is -2.07. The van der Waals surface area contributed by atoms with Crippen LogP contribution >= 0.6 is 0 Å². The first-order valence-electron chi connectivity index (χ1n) is 6.92. The van der Waals surface area contributed by atoms with Gasteiger partial charge in [0.1, 0.15) is 12.2 Å². The summed E-state index contributed by atoms with van der Waals surface area (Å²) < 4.78 is 1.34. The van der Waals surface area contributed by atoms with Crippen LogP contribution in [0.25, 0.3) is 0 Å². The molecule has 9 heteroatoms. The van der Waals surface area contributed by atoms with Gasteiger partial charge in [-0.15, -0.1) is 5.10 Å². The molecule has 0 saturated heterocycles. The first kappa shape index (κ1) is 16.4. The Morgan fingerprint density at radius 1 is 1.22 bits per heavy atom. The molecule has 1 aromatic carbocycles. The van der Waals surface area contributed by atoms with Crippen LogP contribution in [0.15, 0.2) is 30.5 Å². The number of rotatable bonds is 7. The van der Waals surface area contributed by atoms with E-state index in [-0.39, 0.29) is 19.1 Å². The molecule has 1 aromatic heterocycles. The Bertz CT molecular complexity index is 668. The second kappa shape index (κ2) is 7.90. The Morgan fingerprint density at radius 2 is 1.96 bits per heavy atom. The van der Waals surface area contributed by atoms with Crippen molar-refractivity contribution in [2.45, 2.75) is 19.6 Å². The topological polar surface area (TPSA) is 129 Å². The van der Waals surface area contributed by atoms with E-state index in [0.29, 0.717) is 24.3 Å². The molecular weight excluding hydrogens is 302 g/mol. The van der Waals surface area contributed by atoms with Gasteiger partial charge in [0.05, 0.1) is 12.8 Å². The molecule has 0 bridgehead atoms. The van der Waals surface area contributed by atoms with Crippen LogP contribution in [-0.4, -0.2) is 43.8 Å². The number of anilines is 1. The normalized spacial score (nSPS) is 10.3. The number of carboxylic acid groups (broad SMARTS) is 1. The van der Waals surface area contributed by atoms with Gasteiger partial charge < -0.3 is 20.8 Å². The minimum atomic E-state index is -1.05. The van der Waals surface area contributed by atoms with Crippen LogP contribution in [0.3, 0.4) is 0 Å². The van der Waals surface area contributed by atoms with Gasteiger partial charge >= 0.3 is 6.09 Å². The van der Waals surface area contributed by atoms with Gasteiger partial charge in [0, 0.05) is 12.2 Å². The van der Waals surface area contributed by atoms with Crippen molar-refractivity contribution in [1.29, 1.82) is 0 Å². The summed E-state index contributed by atoms with van der Waals surface area (Å²) >= 11 is 0. The second-order valence-electron chi connectivity index (χ2n) is 4.79. The minimum absolute atomic E-state index is 0.00270. The van der Waals surface area contributed by atoms with Crippen molar-refractivity contribution in [1.82, 2.24) is 20.3 Å². The number of hydrogen-bond donors (Lipinski definition) is 4. The lowest BCUT2D eigenvalue weighted by molar-refractivity contribution is -0.116. The maximum Gasteiger partial charge on any atom is 0.404 e. The number of amides is 2. The zero-order valence-electron chi connectivity index (χ0n) is 12.3. The summed E-state index contributed by atoms with van der Waals surface area (Å²) in [6, 6.07) is 7.12. The van der Waals surface area contributed by atoms with E-state index in [4.69, 9.17) is 10.2 Å². The molecule has 1 heterocycles. The molecule has 0 fully saturated rings. The van der Waals surface area contributed by atoms with Crippen LogP contribution in [-0.2, 0) is 24.4 Å². The number of aliphatic hydroxyl groups excluding tert-OH is 1. The predicted octanol–water partition coefficient (Wildman–Crippen LogP) is 0.219. The van der Waals surface area contributed by atoms with Crippen LogP contribution < -0.4 is 10.6 Å². The number of carbonyl (C=O) groups is 2. The quantitative estimate of drug-likeness (QED) is 0.577. The van der Waals surface area contributed by atoms with Gasteiger partial charge in [0.15, 0.2) is 0 Å². The molecule has 0 aliphatic heterocycles. The number of carbonyl (C=O) groups excluding carboxylic acids is 1. The van der Waals surface area contributed by atoms with Crippen molar-refractivity contribution in [3.63, 3.8) is 0 Å². The molecule has 0 saturated carbocycles. The summed E-state index contributed by atoms with van der Waals surface area (Å²) in [7, 11) is 0. The van der Waals surface area contributed by atoms with Crippen LogP contribution in [0.4, 0.5) is 10.5 Å². The van der Waals surface area contributed by atoms with Gasteiger partial charge in [-0.1, -0.05) is 17.3 Å². The Labute approximate surface area is 131 Å². The van der Waals surface area contributed by atoms with E-state index in [9.17, 15) is 9.59 Å². The number of nitrogens with one attached hydrogen (secondary N) is 2. The molecule has 9 nitrogen and oxygen atoms in total. The maximum atomic E-state index is 11.9. The smallest absolute Gasteiger partial charge is 0.404 e. The number of aromatic nitrogens is 3. The van der Waals surface area contributed by atoms with Gasteiger partial charge in [-0.25, -0.2) is 9.48 Å². The van der Waals surface area contributed by atoms with E-state index in [2.05, 4.69) is 20.9 Å². The van der Waals surface area contributed by atoms with Crippen molar-refractivity contribution in [3.8, 4) is 0 Å². The molecule has 2 amide bonds. The fraction of sp³-hybridized carbons (Fsp3) is 0.286. The summed E-state index contributed by atoms with van der Waals surface area (Å²) in [4.78, 5) is 22.2. The molecule has 4 N–H and O–H groups in total. The van der Waals surface area contributed by atoms with Gasteiger partial charge in [-0.3, -0.25) is 4.79 Å². The largest absolute Gasteiger partial charge is 0.465 e. The van der Waals surface area contributed by atoms with Crippen LogP contribution in [0, 0.1) is 0 Å². The third kappa shape index (κ3) is 5.40. The highest BCUT2D eigenvalue weighted by Gasteiger charge is 2.06. The molecule has 0 radical (unpaired) electrons. The molecule has 0 spiro atoms.